The van der Waals surface area contributed by atoms with E-state index in [9.17, 15) is 9.59 Å². The van der Waals surface area contributed by atoms with Gasteiger partial charge in [-0.25, -0.2) is 9.80 Å². The second-order valence-corrected chi connectivity index (χ2v) is 2.99. The topological polar surface area (TPSA) is 73.5 Å². The van der Waals surface area contributed by atoms with E-state index >= 15 is 0 Å². The predicted octanol–water partition coefficient (Wildman–Crippen LogP) is -1.78. The molecule has 6 heteroatoms. The molecule has 2 atom stereocenters. The maximum Gasteiger partial charge on any atom is 0.322 e. The molecule has 2 saturated heterocycles. The smallest absolute Gasteiger partial charge is 0.320 e. The second-order valence-electron chi connectivity index (χ2n) is 2.99. The predicted molar refractivity (Wildman–Crippen MR) is 39.7 cm³/mol. The largest absolute Gasteiger partial charge is 0.322 e. The van der Waals surface area contributed by atoms with Crippen LogP contribution in [0.2, 0.25) is 0 Å². The zero-order valence-electron chi connectivity index (χ0n) is 6.63. The highest BCUT2D eigenvalue weighted by Gasteiger charge is 2.41. The van der Waals surface area contributed by atoms with Crippen molar-refractivity contribution in [1.29, 1.82) is 0 Å². The van der Waals surface area contributed by atoms with Gasteiger partial charge in [0.25, 0.3) is 0 Å². The molecule has 6 nitrogen and oxygen atoms in total. The third-order valence-electron chi connectivity index (χ3n) is 2.21. The molecule has 3 amide bonds. The van der Waals surface area contributed by atoms with Crippen molar-refractivity contribution in [2.24, 2.45) is 5.92 Å². The molecule has 0 aromatic rings. The minimum Gasteiger partial charge on any atom is -0.320 e. The van der Waals surface area contributed by atoms with Crippen LogP contribution < -0.4 is 16.1 Å². The summed E-state index contributed by atoms with van der Waals surface area (Å²) in [5.74, 6) is -0.381. The molecule has 66 valence electrons. The third kappa shape index (κ3) is 0.961. The number of nitrogens with zero attached hydrogens (tertiary/aromatic N) is 1. The number of imide groups is 1. The van der Waals surface area contributed by atoms with Crippen LogP contribution in [0.25, 0.3) is 0 Å². The molecule has 2 heterocycles. The van der Waals surface area contributed by atoms with Gasteiger partial charge in [-0.05, 0) is 0 Å². The fourth-order valence-corrected chi connectivity index (χ4v) is 1.53. The molecule has 0 bridgehead atoms. The first kappa shape index (κ1) is 7.51. The zero-order chi connectivity index (χ0) is 8.72. The van der Waals surface area contributed by atoms with E-state index in [1.165, 1.54) is 0 Å². The van der Waals surface area contributed by atoms with E-state index in [1.54, 1.807) is 12.1 Å². The van der Waals surface area contributed by atoms with E-state index in [0.717, 1.165) is 0 Å². The summed E-state index contributed by atoms with van der Waals surface area (Å²) in [6, 6.07) is -0.420. The van der Waals surface area contributed by atoms with E-state index in [1.807, 2.05) is 0 Å². The number of carbonyl (C=O) groups is 2. The molecule has 0 spiro atoms. The molecule has 0 aromatic carbocycles. The summed E-state index contributed by atoms with van der Waals surface area (Å²) in [7, 11) is 1.80. The Morgan fingerprint density at radius 3 is 3.00 bits per heavy atom. The summed E-state index contributed by atoms with van der Waals surface area (Å²) in [6.07, 6.45) is -0.203. The highest BCUT2D eigenvalue weighted by Crippen LogP contribution is 2.14. The van der Waals surface area contributed by atoms with Gasteiger partial charge in [0.2, 0.25) is 5.91 Å². The fourth-order valence-electron chi connectivity index (χ4n) is 1.53. The molecule has 0 aliphatic carbocycles. The Labute approximate surface area is 69.3 Å². The normalized spacial score (nSPS) is 35.8. The molecule has 2 aliphatic rings. The zero-order valence-corrected chi connectivity index (χ0v) is 6.63. The Morgan fingerprint density at radius 2 is 2.25 bits per heavy atom. The Hall–Kier alpha value is -1.14. The van der Waals surface area contributed by atoms with Crippen molar-refractivity contribution >= 4 is 11.9 Å². The van der Waals surface area contributed by atoms with E-state index in [2.05, 4.69) is 16.1 Å². The summed E-state index contributed by atoms with van der Waals surface area (Å²) in [6.45, 7) is 0.577. The van der Waals surface area contributed by atoms with Crippen LogP contribution in [0, 0.1) is 5.92 Å². The highest BCUT2D eigenvalue weighted by atomic mass is 16.2. The Kier molecular flexibility index (Phi) is 1.52. The maximum atomic E-state index is 11.2. The highest BCUT2D eigenvalue weighted by molar-refractivity contribution is 5.98. The van der Waals surface area contributed by atoms with Crippen molar-refractivity contribution < 1.29 is 9.59 Å². The molecule has 2 aliphatic heterocycles. The number of fused-ring (bicyclic) bond motifs is 1. The van der Waals surface area contributed by atoms with Gasteiger partial charge in [-0.15, -0.1) is 0 Å². The van der Waals surface area contributed by atoms with E-state index in [-0.39, 0.29) is 18.0 Å². The van der Waals surface area contributed by atoms with Crippen LogP contribution in [0.5, 0.6) is 0 Å². The molecule has 0 aromatic heterocycles. The number of nitrogens with one attached hydrogen (secondary N) is 3. The van der Waals surface area contributed by atoms with Gasteiger partial charge in [-0.2, -0.15) is 0 Å². The standard InChI is InChI=1S/C6H10N4O2/c1-10-4-3(2-7-10)5(11)9-6(12)8-4/h3-4,7H,2H2,1H3,(H2,8,9,11,12). The quantitative estimate of drug-likeness (QED) is 0.402. The lowest BCUT2D eigenvalue weighted by Gasteiger charge is -2.28. The lowest BCUT2D eigenvalue weighted by atomic mass is 10.1. The lowest BCUT2D eigenvalue weighted by Crippen LogP contribution is -2.60. The van der Waals surface area contributed by atoms with Crippen LogP contribution in [0.15, 0.2) is 0 Å². The van der Waals surface area contributed by atoms with Gasteiger partial charge >= 0.3 is 6.03 Å². The number of hydrogen-bond donors (Lipinski definition) is 3. The van der Waals surface area contributed by atoms with Crippen molar-refractivity contribution in [3.8, 4) is 0 Å². The van der Waals surface area contributed by atoms with Crippen LogP contribution in [0.1, 0.15) is 0 Å². The monoisotopic (exact) mass is 170 g/mol. The molecule has 2 fully saturated rings. The Bertz CT molecular complexity index is 242. The molecule has 2 unspecified atom stereocenters. The summed E-state index contributed by atoms with van der Waals surface area (Å²) in [4.78, 5) is 22.1. The van der Waals surface area contributed by atoms with Gasteiger partial charge < -0.3 is 5.32 Å². The van der Waals surface area contributed by atoms with Crippen molar-refractivity contribution in [1.82, 2.24) is 21.1 Å². The first-order valence-corrected chi connectivity index (χ1v) is 3.76. The number of amides is 3. The molecule has 2 rings (SSSR count). The first-order valence-electron chi connectivity index (χ1n) is 3.76. The maximum absolute atomic E-state index is 11.2. The lowest BCUT2D eigenvalue weighted by molar-refractivity contribution is -0.125. The van der Waals surface area contributed by atoms with Crippen LogP contribution >= 0.6 is 0 Å². The Morgan fingerprint density at radius 1 is 1.50 bits per heavy atom. The minimum absolute atomic E-state index is 0.173. The van der Waals surface area contributed by atoms with Gasteiger partial charge in [0.05, 0.1) is 5.92 Å². The van der Waals surface area contributed by atoms with Crippen molar-refractivity contribution in [3.63, 3.8) is 0 Å². The summed E-state index contributed by atoms with van der Waals surface area (Å²) < 4.78 is 0. The average molecular weight is 170 g/mol. The number of rotatable bonds is 0. The first-order chi connectivity index (χ1) is 5.68. The average Bonchev–Trinajstić information content (AvgIpc) is 2.33. The molecular weight excluding hydrogens is 160 g/mol. The van der Waals surface area contributed by atoms with Crippen LogP contribution in [0.4, 0.5) is 4.79 Å². The van der Waals surface area contributed by atoms with Crippen LogP contribution in [-0.4, -0.2) is 36.7 Å². The van der Waals surface area contributed by atoms with Gasteiger partial charge in [0.15, 0.2) is 0 Å². The van der Waals surface area contributed by atoms with Crippen LogP contribution in [-0.2, 0) is 4.79 Å². The van der Waals surface area contributed by atoms with Crippen molar-refractivity contribution in [2.45, 2.75) is 6.17 Å². The number of hydrazine groups is 1. The molecular formula is C6H10N4O2. The molecule has 0 saturated carbocycles. The summed E-state index contributed by atoms with van der Waals surface area (Å²) >= 11 is 0. The Balaban J connectivity index is 2.19. The molecule has 3 N–H and O–H groups in total. The van der Waals surface area contributed by atoms with E-state index < -0.39 is 6.03 Å². The minimum atomic E-state index is -0.420. The number of hydrogen-bond acceptors (Lipinski definition) is 4. The van der Waals surface area contributed by atoms with Gasteiger partial charge in [-0.3, -0.25) is 15.5 Å². The van der Waals surface area contributed by atoms with Gasteiger partial charge in [0.1, 0.15) is 6.17 Å². The SMILES string of the molecule is CN1NCC2C(=O)NC(=O)NC21. The third-order valence-corrected chi connectivity index (χ3v) is 2.21. The van der Waals surface area contributed by atoms with Crippen LogP contribution in [0.3, 0.4) is 0 Å². The van der Waals surface area contributed by atoms with Gasteiger partial charge in [0, 0.05) is 13.6 Å². The molecule has 0 radical (unpaired) electrons. The summed E-state index contributed by atoms with van der Waals surface area (Å²) in [5.41, 5.74) is 2.97. The van der Waals surface area contributed by atoms with Gasteiger partial charge in [-0.1, -0.05) is 0 Å². The number of urea groups is 1. The molecule has 12 heavy (non-hydrogen) atoms. The van der Waals surface area contributed by atoms with Crippen molar-refractivity contribution in [3.05, 3.63) is 0 Å². The fraction of sp³-hybridized carbons (Fsp3) is 0.667. The number of carbonyl (C=O) groups excluding carboxylic acids is 2. The van der Waals surface area contributed by atoms with E-state index in [4.69, 9.17) is 0 Å². The van der Waals surface area contributed by atoms with E-state index in [0.29, 0.717) is 6.54 Å². The summed E-state index contributed by atoms with van der Waals surface area (Å²) in [5, 5.41) is 6.60. The van der Waals surface area contributed by atoms with Crippen molar-refractivity contribution in [2.75, 3.05) is 13.6 Å². The second kappa shape index (κ2) is 2.43.